The number of hydrogen-bond donors (Lipinski definition) is 2. The molecule has 2 N–H and O–H groups in total. The van der Waals surface area contributed by atoms with Crippen molar-refractivity contribution < 1.29 is 31.1 Å². The Morgan fingerprint density at radius 3 is 2.47 bits per heavy atom. The predicted octanol–water partition coefficient (Wildman–Crippen LogP) is 1.68. The molecule has 0 radical (unpaired) electrons. The number of aliphatic hydroxyl groups excluding tert-OH is 1. The van der Waals surface area contributed by atoms with Crippen molar-refractivity contribution in [3.05, 3.63) is 29.0 Å². The highest BCUT2D eigenvalue weighted by atomic mass is 35.5. The second kappa shape index (κ2) is 5.61. The van der Waals surface area contributed by atoms with E-state index in [1.165, 1.54) is 4.72 Å². The first-order chi connectivity index (χ1) is 8.55. The molecule has 0 bridgehead atoms. The SMILES string of the molecule is O=S(=O)(NCC(O)C(F)(F)F)c1cccc(Cl)c1F. The first-order valence-electron chi connectivity index (χ1n) is 4.74. The maximum Gasteiger partial charge on any atom is 0.415 e. The van der Waals surface area contributed by atoms with E-state index in [4.69, 9.17) is 16.7 Å². The van der Waals surface area contributed by atoms with Crippen molar-refractivity contribution >= 4 is 21.6 Å². The quantitative estimate of drug-likeness (QED) is 0.829. The Kier molecular flexibility index (Phi) is 4.77. The molecule has 1 rings (SSSR count). The minimum atomic E-state index is -4.98. The van der Waals surface area contributed by atoms with Crippen LogP contribution >= 0.6 is 11.6 Å². The largest absolute Gasteiger partial charge is 0.415 e. The molecule has 19 heavy (non-hydrogen) atoms. The van der Waals surface area contributed by atoms with Gasteiger partial charge in [0.05, 0.1) is 5.02 Å². The van der Waals surface area contributed by atoms with Crippen molar-refractivity contribution in [2.24, 2.45) is 0 Å². The number of nitrogens with one attached hydrogen (secondary N) is 1. The lowest BCUT2D eigenvalue weighted by Crippen LogP contribution is -2.40. The second-order valence-corrected chi connectivity index (χ2v) is 5.60. The maximum absolute atomic E-state index is 13.4. The van der Waals surface area contributed by atoms with Crippen molar-refractivity contribution in [2.75, 3.05) is 6.54 Å². The Bertz CT molecular complexity index is 561. The summed E-state index contributed by atoms with van der Waals surface area (Å²) in [4.78, 5) is -0.894. The minimum absolute atomic E-state index is 0.487. The van der Waals surface area contributed by atoms with Crippen LogP contribution in [0.1, 0.15) is 0 Å². The van der Waals surface area contributed by atoms with Gasteiger partial charge in [0.25, 0.3) is 0 Å². The van der Waals surface area contributed by atoms with E-state index < -0.39 is 44.6 Å². The highest BCUT2D eigenvalue weighted by Crippen LogP contribution is 2.23. The summed E-state index contributed by atoms with van der Waals surface area (Å²) in [5.74, 6) is -1.28. The summed E-state index contributed by atoms with van der Waals surface area (Å²) in [6.45, 7) is -1.32. The first kappa shape index (κ1) is 16.2. The van der Waals surface area contributed by atoms with Gasteiger partial charge in [-0.05, 0) is 12.1 Å². The topological polar surface area (TPSA) is 66.4 Å². The molecule has 1 unspecified atom stereocenters. The van der Waals surface area contributed by atoms with Crippen LogP contribution in [0.3, 0.4) is 0 Å². The molecule has 108 valence electrons. The Labute approximate surface area is 111 Å². The molecule has 0 spiro atoms. The first-order valence-corrected chi connectivity index (χ1v) is 6.60. The van der Waals surface area contributed by atoms with Gasteiger partial charge in [0.2, 0.25) is 10.0 Å². The fourth-order valence-electron chi connectivity index (χ4n) is 1.07. The zero-order valence-electron chi connectivity index (χ0n) is 9.08. The molecule has 0 amide bonds. The van der Waals surface area contributed by atoms with E-state index in [2.05, 4.69) is 0 Å². The number of sulfonamides is 1. The molecular weight excluding hydrogens is 314 g/mol. The third-order valence-corrected chi connectivity index (χ3v) is 3.78. The molecule has 0 aliphatic heterocycles. The van der Waals surface area contributed by atoms with Crippen LogP contribution in [0.5, 0.6) is 0 Å². The number of alkyl halides is 3. The van der Waals surface area contributed by atoms with Crippen LogP contribution < -0.4 is 4.72 Å². The molecule has 4 nitrogen and oxygen atoms in total. The number of aliphatic hydroxyl groups is 1. The summed E-state index contributed by atoms with van der Waals surface area (Å²) >= 11 is 5.36. The summed E-state index contributed by atoms with van der Waals surface area (Å²) in [5.41, 5.74) is 0. The van der Waals surface area contributed by atoms with Crippen LogP contribution in [0.15, 0.2) is 23.1 Å². The van der Waals surface area contributed by atoms with Crippen LogP contribution in [0.2, 0.25) is 5.02 Å². The third-order valence-electron chi connectivity index (χ3n) is 2.05. The van der Waals surface area contributed by atoms with Crippen LogP contribution in [0, 0.1) is 5.82 Å². The van der Waals surface area contributed by atoms with Gasteiger partial charge in [-0.25, -0.2) is 17.5 Å². The van der Waals surface area contributed by atoms with Crippen LogP contribution in [0.4, 0.5) is 17.6 Å². The number of rotatable bonds is 4. The van der Waals surface area contributed by atoms with Gasteiger partial charge in [0, 0.05) is 6.54 Å². The van der Waals surface area contributed by atoms with Crippen molar-refractivity contribution in [1.82, 2.24) is 4.72 Å². The fraction of sp³-hybridized carbons (Fsp3) is 0.333. The predicted molar refractivity (Wildman–Crippen MR) is 58.7 cm³/mol. The monoisotopic (exact) mass is 321 g/mol. The Balaban J connectivity index is 2.91. The molecule has 0 saturated heterocycles. The van der Waals surface area contributed by atoms with Gasteiger partial charge in [-0.3, -0.25) is 0 Å². The zero-order valence-corrected chi connectivity index (χ0v) is 10.7. The van der Waals surface area contributed by atoms with E-state index in [0.717, 1.165) is 18.2 Å². The average Bonchev–Trinajstić information content (AvgIpc) is 2.28. The van der Waals surface area contributed by atoms with Crippen molar-refractivity contribution in [1.29, 1.82) is 0 Å². The van der Waals surface area contributed by atoms with E-state index in [0.29, 0.717) is 0 Å². The number of halogens is 5. The van der Waals surface area contributed by atoms with Crippen LogP contribution in [0.25, 0.3) is 0 Å². The highest BCUT2D eigenvalue weighted by Gasteiger charge is 2.39. The van der Waals surface area contributed by atoms with Gasteiger partial charge >= 0.3 is 6.18 Å². The van der Waals surface area contributed by atoms with E-state index >= 15 is 0 Å². The highest BCUT2D eigenvalue weighted by molar-refractivity contribution is 7.89. The Morgan fingerprint density at radius 1 is 1.37 bits per heavy atom. The molecule has 0 aromatic heterocycles. The standard InChI is InChI=1S/C9H8ClF4NO3S/c10-5-2-1-3-6(8(5)11)19(17,18)15-4-7(16)9(12,13)14/h1-3,7,15-16H,4H2. The molecule has 0 fully saturated rings. The van der Waals surface area contributed by atoms with Gasteiger partial charge in [0.1, 0.15) is 4.90 Å². The summed E-state index contributed by atoms with van der Waals surface area (Å²) in [6, 6.07) is 3.05. The van der Waals surface area contributed by atoms with Gasteiger partial charge in [-0.1, -0.05) is 17.7 Å². The van der Waals surface area contributed by atoms with Crippen LogP contribution in [-0.4, -0.2) is 32.3 Å². The molecule has 1 atom stereocenters. The Hall–Kier alpha value is -0.900. The summed E-state index contributed by atoms with van der Waals surface area (Å²) in [7, 11) is -4.54. The van der Waals surface area contributed by atoms with E-state index in [1.807, 2.05) is 0 Å². The van der Waals surface area contributed by atoms with E-state index in [1.54, 1.807) is 0 Å². The lowest BCUT2D eigenvalue weighted by atomic mass is 10.3. The molecule has 0 aliphatic rings. The summed E-state index contributed by atoms with van der Waals surface area (Å²) in [5, 5.41) is 8.16. The normalized spacial score (nSPS) is 14.4. The molecule has 10 heteroatoms. The second-order valence-electron chi connectivity index (χ2n) is 3.46. The molecule has 0 heterocycles. The molecule has 0 saturated carbocycles. The minimum Gasteiger partial charge on any atom is -0.382 e. The number of benzene rings is 1. The molecule has 1 aromatic carbocycles. The fourth-order valence-corrected chi connectivity index (χ4v) is 2.44. The van der Waals surface area contributed by atoms with Crippen molar-refractivity contribution in [3.8, 4) is 0 Å². The summed E-state index contributed by atoms with van der Waals surface area (Å²) < 4.78 is 73.9. The molecule has 1 aromatic rings. The smallest absolute Gasteiger partial charge is 0.382 e. The van der Waals surface area contributed by atoms with E-state index in [9.17, 15) is 26.0 Å². The van der Waals surface area contributed by atoms with Gasteiger partial charge in [-0.15, -0.1) is 0 Å². The lowest BCUT2D eigenvalue weighted by Gasteiger charge is -2.15. The van der Waals surface area contributed by atoms with Crippen molar-refractivity contribution in [2.45, 2.75) is 17.2 Å². The zero-order chi connectivity index (χ0) is 14.8. The van der Waals surface area contributed by atoms with Gasteiger partial charge in [-0.2, -0.15) is 13.2 Å². The maximum atomic E-state index is 13.4. The van der Waals surface area contributed by atoms with Gasteiger partial charge in [0.15, 0.2) is 11.9 Å². The van der Waals surface area contributed by atoms with Gasteiger partial charge < -0.3 is 5.11 Å². The molecule has 0 aliphatic carbocycles. The van der Waals surface area contributed by atoms with Crippen molar-refractivity contribution in [3.63, 3.8) is 0 Å². The van der Waals surface area contributed by atoms with E-state index in [-0.39, 0.29) is 0 Å². The van der Waals surface area contributed by atoms with Crippen LogP contribution in [-0.2, 0) is 10.0 Å². The lowest BCUT2D eigenvalue weighted by molar-refractivity contribution is -0.200. The average molecular weight is 322 g/mol. The summed E-state index contributed by atoms with van der Waals surface area (Å²) in [6.07, 6.45) is -7.86. The number of hydrogen-bond acceptors (Lipinski definition) is 3. The Morgan fingerprint density at radius 2 is 1.95 bits per heavy atom. The third kappa shape index (κ3) is 4.03. The molecular formula is C9H8ClF4NO3S.